The van der Waals surface area contributed by atoms with E-state index in [1.165, 1.54) is 26.4 Å². The summed E-state index contributed by atoms with van der Waals surface area (Å²) in [6, 6.07) is 0. The van der Waals surface area contributed by atoms with Gasteiger partial charge in [0.1, 0.15) is 0 Å². The Morgan fingerprint density at radius 3 is 2.60 bits per heavy atom. The Bertz CT molecular complexity index is 221. The predicted molar refractivity (Wildman–Crippen MR) is 61.5 cm³/mol. The smallest absolute Gasteiger partial charge is 0.308 e. The van der Waals surface area contributed by atoms with E-state index in [0.717, 1.165) is 12.8 Å². The molecular weight excluding hydrogens is 188 g/mol. The average Bonchev–Trinajstić information content (AvgIpc) is 2.28. The maximum absolute atomic E-state index is 11.5. The summed E-state index contributed by atoms with van der Waals surface area (Å²) in [6.07, 6.45) is 5.67. The Balaban J connectivity index is 2.60. The lowest BCUT2D eigenvalue weighted by molar-refractivity contribution is -0.147. The van der Waals surface area contributed by atoms with E-state index >= 15 is 0 Å². The SMILES string of the molecule is CCC(C)(C)C1CCCC(C(=O)OC)C1. The third kappa shape index (κ3) is 2.96. The molecule has 0 N–H and O–H groups in total. The number of esters is 1. The van der Waals surface area contributed by atoms with Gasteiger partial charge in [0.15, 0.2) is 0 Å². The van der Waals surface area contributed by atoms with Crippen molar-refractivity contribution in [2.24, 2.45) is 17.3 Å². The first kappa shape index (κ1) is 12.5. The molecule has 0 amide bonds. The molecular formula is C13H24O2. The highest BCUT2D eigenvalue weighted by atomic mass is 16.5. The summed E-state index contributed by atoms with van der Waals surface area (Å²) < 4.78 is 4.85. The van der Waals surface area contributed by atoms with Crippen LogP contribution in [0.15, 0.2) is 0 Å². The largest absolute Gasteiger partial charge is 0.469 e. The summed E-state index contributed by atoms with van der Waals surface area (Å²) in [7, 11) is 1.50. The molecule has 2 unspecified atom stereocenters. The fourth-order valence-corrected chi connectivity index (χ4v) is 2.57. The van der Waals surface area contributed by atoms with Crippen LogP contribution in [0.1, 0.15) is 52.9 Å². The second-order valence-corrected chi connectivity index (χ2v) is 5.43. The van der Waals surface area contributed by atoms with Crippen molar-refractivity contribution < 1.29 is 9.53 Å². The quantitative estimate of drug-likeness (QED) is 0.670. The zero-order valence-electron chi connectivity index (χ0n) is 10.5. The zero-order chi connectivity index (χ0) is 11.5. The Kier molecular flexibility index (Phi) is 4.18. The lowest BCUT2D eigenvalue weighted by Crippen LogP contribution is -2.32. The molecule has 15 heavy (non-hydrogen) atoms. The van der Waals surface area contributed by atoms with E-state index in [4.69, 9.17) is 4.74 Å². The van der Waals surface area contributed by atoms with E-state index in [0.29, 0.717) is 11.3 Å². The number of carbonyl (C=O) groups is 1. The van der Waals surface area contributed by atoms with Crippen LogP contribution in [-0.2, 0) is 9.53 Å². The fraction of sp³-hybridized carbons (Fsp3) is 0.923. The molecule has 0 aromatic heterocycles. The molecule has 0 saturated heterocycles. The summed E-state index contributed by atoms with van der Waals surface area (Å²) in [6.45, 7) is 6.87. The summed E-state index contributed by atoms with van der Waals surface area (Å²) in [5.41, 5.74) is 0.368. The second-order valence-electron chi connectivity index (χ2n) is 5.43. The van der Waals surface area contributed by atoms with Crippen molar-refractivity contribution >= 4 is 5.97 Å². The van der Waals surface area contributed by atoms with Crippen LogP contribution in [0.25, 0.3) is 0 Å². The van der Waals surface area contributed by atoms with Crippen LogP contribution in [0.5, 0.6) is 0 Å². The molecule has 2 heteroatoms. The summed E-state index contributed by atoms with van der Waals surface area (Å²) in [5, 5.41) is 0. The van der Waals surface area contributed by atoms with Gasteiger partial charge in [-0.2, -0.15) is 0 Å². The van der Waals surface area contributed by atoms with Gasteiger partial charge in [0, 0.05) is 0 Å². The highest BCUT2D eigenvalue weighted by molar-refractivity contribution is 5.72. The van der Waals surface area contributed by atoms with Crippen molar-refractivity contribution in [3.05, 3.63) is 0 Å². The average molecular weight is 212 g/mol. The minimum atomic E-state index is -0.00777. The highest BCUT2D eigenvalue weighted by Crippen LogP contribution is 2.42. The lowest BCUT2D eigenvalue weighted by Gasteiger charge is -2.38. The fourth-order valence-electron chi connectivity index (χ4n) is 2.57. The predicted octanol–water partition coefficient (Wildman–Crippen LogP) is 3.40. The Morgan fingerprint density at radius 2 is 2.07 bits per heavy atom. The number of rotatable bonds is 3. The van der Waals surface area contributed by atoms with E-state index < -0.39 is 0 Å². The number of hydrogen-bond acceptors (Lipinski definition) is 2. The summed E-state index contributed by atoms with van der Waals surface area (Å²) in [5.74, 6) is 0.825. The van der Waals surface area contributed by atoms with Gasteiger partial charge in [-0.15, -0.1) is 0 Å². The molecule has 0 aromatic rings. The van der Waals surface area contributed by atoms with Gasteiger partial charge in [0.2, 0.25) is 0 Å². The van der Waals surface area contributed by atoms with Gasteiger partial charge in [-0.25, -0.2) is 0 Å². The van der Waals surface area contributed by atoms with Gasteiger partial charge in [-0.1, -0.05) is 33.6 Å². The van der Waals surface area contributed by atoms with Gasteiger partial charge in [0.05, 0.1) is 13.0 Å². The van der Waals surface area contributed by atoms with Gasteiger partial charge in [0.25, 0.3) is 0 Å². The Morgan fingerprint density at radius 1 is 1.40 bits per heavy atom. The standard InChI is InChI=1S/C13H24O2/c1-5-13(2,3)11-8-6-7-10(9-11)12(14)15-4/h10-11H,5-9H2,1-4H3. The van der Waals surface area contributed by atoms with E-state index in [9.17, 15) is 4.79 Å². The van der Waals surface area contributed by atoms with E-state index in [2.05, 4.69) is 20.8 Å². The molecule has 1 aliphatic rings. The van der Waals surface area contributed by atoms with E-state index in [1.54, 1.807) is 0 Å². The molecule has 0 radical (unpaired) electrons. The van der Waals surface area contributed by atoms with Gasteiger partial charge in [-0.3, -0.25) is 4.79 Å². The van der Waals surface area contributed by atoms with Gasteiger partial charge < -0.3 is 4.74 Å². The lowest BCUT2D eigenvalue weighted by atomic mass is 9.67. The number of ether oxygens (including phenoxy) is 1. The van der Waals surface area contributed by atoms with Gasteiger partial charge in [-0.05, 0) is 30.6 Å². The van der Waals surface area contributed by atoms with E-state index in [1.807, 2.05) is 0 Å². The molecule has 1 aliphatic carbocycles. The molecule has 1 fully saturated rings. The van der Waals surface area contributed by atoms with Crippen molar-refractivity contribution in [3.63, 3.8) is 0 Å². The van der Waals surface area contributed by atoms with Crippen molar-refractivity contribution in [2.45, 2.75) is 52.9 Å². The second kappa shape index (κ2) is 5.00. The van der Waals surface area contributed by atoms with Crippen molar-refractivity contribution in [2.75, 3.05) is 7.11 Å². The van der Waals surface area contributed by atoms with Crippen LogP contribution in [0.4, 0.5) is 0 Å². The van der Waals surface area contributed by atoms with Crippen LogP contribution in [0.3, 0.4) is 0 Å². The summed E-state index contributed by atoms with van der Waals surface area (Å²) in [4.78, 5) is 11.5. The topological polar surface area (TPSA) is 26.3 Å². The van der Waals surface area contributed by atoms with Crippen LogP contribution < -0.4 is 0 Å². The van der Waals surface area contributed by atoms with E-state index in [-0.39, 0.29) is 11.9 Å². The molecule has 2 nitrogen and oxygen atoms in total. The maximum Gasteiger partial charge on any atom is 0.308 e. The maximum atomic E-state index is 11.5. The first-order valence-electron chi connectivity index (χ1n) is 6.09. The molecule has 1 rings (SSSR count). The molecule has 0 spiro atoms. The van der Waals surface area contributed by atoms with Crippen LogP contribution in [0, 0.1) is 17.3 Å². The first-order chi connectivity index (χ1) is 7.01. The number of carbonyl (C=O) groups excluding carboxylic acids is 1. The number of hydrogen-bond donors (Lipinski definition) is 0. The molecule has 0 heterocycles. The van der Waals surface area contributed by atoms with Crippen LogP contribution >= 0.6 is 0 Å². The molecule has 0 aromatic carbocycles. The minimum absolute atomic E-state index is 0.00777. The first-order valence-corrected chi connectivity index (χ1v) is 6.09. The normalized spacial score (nSPS) is 27.5. The third-order valence-electron chi connectivity index (χ3n) is 4.23. The monoisotopic (exact) mass is 212 g/mol. The summed E-state index contributed by atoms with van der Waals surface area (Å²) >= 11 is 0. The molecule has 0 bridgehead atoms. The van der Waals surface area contributed by atoms with Crippen molar-refractivity contribution in [1.82, 2.24) is 0 Å². The number of methoxy groups -OCH3 is 1. The molecule has 88 valence electrons. The minimum Gasteiger partial charge on any atom is -0.469 e. The third-order valence-corrected chi connectivity index (χ3v) is 4.23. The van der Waals surface area contributed by atoms with Crippen molar-refractivity contribution in [1.29, 1.82) is 0 Å². The van der Waals surface area contributed by atoms with Crippen LogP contribution in [0.2, 0.25) is 0 Å². The highest BCUT2D eigenvalue weighted by Gasteiger charge is 2.35. The Labute approximate surface area is 93.4 Å². The van der Waals surface area contributed by atoms with Crippen LogP contribution in [-0.4, -0.2) is 13.1 Å². The van der Waals surface area contributed by atoms with Gasteiger partial charge >= 0.3 is 5.97 Å². The molecule has 1 saturated carbocycles. The zero-order valence-corrected chi connectivity index (χ0v) is 10.5. The van der Waals surface area contributed by atoms with Crippen molar-refractivity contribution in [3.8, 4) is 0 Å². The Hall–Kier alpha value is -0.530. The molecule has 0 aliphatic heterocycles. The molecule has 2 atom stereocenters.